The topological polar surface area (TPSA) is 64.6 Å². The SMILES string of the molecule is CCOC(=O)/C=C/CSc1ccc(NC(=O)COc2ccccc2)cc1. The van der Waals surface area contributed by atoms with Crippen molar-refractivity contribution in [2.45, 2.75) is 11.8 Å². The van der Waals surface area contributed by atoms with E-state index >= 15 is 0 Å². The average Bonchev–Trinajstić information content (AvgIpc) is 2.66. The van der Waals surface area contributed by atoms with Crippen molar-refractivity contribution < 1.29 is 19.1 Å². The molecule has 0 bridgehead atoms. The van der Waals surface area contributed by atoms with Crippen LogP contribution in [0.15, 0.2) is 71.6 Å². The van der Waals surface area contributed by atoms with Crippen LogP contribution < -0.4 is 10.1 Å². The third kappa shape index (κ3) is 7.44. The van der Waals surface area contributed by atoms with Gasteiger partial charge in [0.1, 0.15) is 5.75 Å². The molecule has 0 saturated carbocycles. The van der Waals surface area contributed by atoms with Crippen molar-refractivity contribution in [1.29, 1.82) is 0 Å². The molecule has 136 valence electrons. The van der Waals surface area contributed by atoms with Crippen LogP contribution in [0.3, 0.4) is 0 Å². The fraction of sp³-hybridized carbons (Fsp3) is 0.200. The largest absolute Gasteiger partial charge is 0.484 e. The van der Waals surface area contributed by atoms with E-state index in [1.807, 2.05) is 42.5 Å². The third-order valence-corrected chi connectivity index (χ3v) is 4.10. The highest BCUT2D eigenvalue weighted by atomic mass is 32.2. The van der Waals surface area contributed by atoms with E-state index in [1.54, 1.807) is 36.9 Å². The number of amides is 1. The van der Waals surface area contributed by atoms with Gasteiger partial charge in [-0.3, -0.25) is 4.79 Å². The highest BCUT2D eigenvalue weighted by Crippen LogP contribution is 2.20. The minimum atomic E-state index is -0.330. The summed E-state index contributed by atoms with van der Waals surface area (Å²) in [4.78, 5) is 24.1. The molecule has 2 aromatic rings. The number of carbonyl (C=O) groups excluding carboxylic acids is 2. The molecule has 6 heteroatoms. The van der Waals surface area contributed by atoms with Gasteiger partial charge in [-0.25, -0.2) is 4.79 Å². The summed E-state index contributed by atoms with van der Waals surface area (Å²) in [5, 5.41) is 2.79. The lowest BCUT2D eigenvalue weighted by Gasteiger charge is -2.08. The van der Waals surface area contributed by atoms with Crippen molar-refractivity contribution in [2.75, 3.05) is 24.3 Å². The molecule has 0 fully saturated rings. The van der Waals surface area contributed by atoms with Gasteiger partial charge < -0.3 is 14.8 Å². The van der Waals surface area contributed by atoms with E-state index in [0.29, 0.717) is 23.8 Å². The van der Waals surface area contributed by atoms with E-state index in [0.717, 1.165) is 4.90 Å². The second-order valence-electron chi connectivity index (χ2n) is 5.14. The molecule has 0 unspecified atom stereocenters. The fourth-order valence-corrected chi connectivity index (χ4v) is 2.69. The molecule has 0 saturated heterocycles. The quantitative estimate of drug-likeness (QED) is 0.411. The number of ether oxygens (including phenoxy) is 2. The number of carbonyl (C=O) groups is 2. The summed E-state index contributed by atoms with van der Waals surface area (Å²) in [5.74, 6) is 0.774. The minimum Gasteiger partial charge on any atom is -0.484 e. The number of para-hydroxylation sites is 1. The second kappa shape index (κ2) is 11.0. The fourth-order valence-electron chi connectivity index (χ4n) is 1.98. The molecule has 1 amide bonds. The first-order valence-electron chi connectivity index (χ1n) is 8.21. The number of hydrogen-bond acceptors (Lipinski definition) is 5. The first-order valence-corrected chi connectivity index (χ1v) is 9.20. The van der Waals surface area contributed by atoms with E-state index in [2.05, 4.69) is 5.32 Å². The number of thioether (sulfide) groups is 1. The van der Waals surface area contributed by atoms with E-state index in [4.69, 9.17) is 9.47 Å². The number of benzene rings is 2. The maximum atomic E-state index is 11.9. The van der Waals surface area contributed by atoms with Gasteiger partial charge in [-0.2, -0.15) is 0 Å². The number of esters is 1. The second-order valence-corrected chi connectivity index (χ2v) is 6.23. The minimum absolute atomic E-state index is 0.0425. The number of nitrogens with one attached hydrogen (secondary N) is 1. The van der Waals surface area contributed by atoms with Crippen molar-refractivity contribution in [3.63, 3.8) is 0 Å². The molecule has 1 N–H and O–H groups in total. The standard InChI is InChI=1S/C20H21NO4S/c1-2-24-20(23)9-6-14-26-18-12-10-16(11-13-18)21-19(22)15-25-17-7-4-3-5-8-17/h3-13H,2,14-15H2,1H3,(H,21,22)/b9-6+. The van der Waals surface area contributed by atoms with Crippen molar-refractivity contribution in [2.24, 2.45) is 0 Å². The molecule has 2 rings (SSSR count). The monoisotopic (exact) mass is 371 g/mol. The van der Waals surface area contributed by atoms with Gasteiger partial charge in [0, 0.05) is 22.4 Å². The maximum absolute atomic E-state index is 11.9. The Kier molecular flexibility index (Phi) is 8.29. The Labute approximate surface area is 157 Å². The van der Waals surface area contributed by atoms with E-state index in [1.165, 1.54) is 6.08 Å². The number of hydrogen-bond donors (Lipinski definition) is 1. The van der Waals surface area contributed by atoms with Gasteiger partial charge in [0.05, 0.1) is 6.61 Å². The van der Waals surface area contributed by atoms with Crippen LogP contribution in [-0.2, 0) is 14.3 Å². The van der Waals surface area contributed by atoms with Crippen LogP contribution in [0.2, 0.25) is 0 Å². The summed E-state index contributed by atoms with van der Waals surface area (Å²) in [6, 6.07) is 16.7. The van der Waals surface area contributed by atoms with Crippen LogP contribution in [0.4, 0.5) is 5.69 Å². The summed E-state index contributed by atoms with van der Waals surface area (Å²) in [6.45, 7) is 2.10. The Morgan fingerprint density at radius 2 is 1.81 bits per heavy atom. The molecule has 0 spiro atoms. The van der Waals surface area contributed by atoms with Crippen molar-refractivity contribution in [3.05, 3.63) is 66.7 Å². The van der Waals surface area contributed by atoms with Gasteiger partial charge in [0.25, 0.3) is 5.91 Å². The van der Waals surface area contributed by atoms with Crippen molar-refractivity contribution in [3.8, 4) is 5.75 Å². The zero-order valence-corrected chi connectivity index (χ0v) is 15.3. The van der Waals surface area contributed by atoms with Gasteiger partial charge >= 0.3 is 5.97 Å². The van der Waals surface area contributed by atoms with Crippen molar-refractivity contribution in [1.82, 2.24) is 0 Å². The molecular weight excluding hydrogens is 350 g/mol. The van der Waals surface area contributed by atoms with Gasteiger partial charge in [0.2, 0.25) is 0 Å². The maximum Gasteiger partial charge on any atom is 0.330 e. The normalized spacial score (nSPS) is 10.5. The van der Waals surface area contributed by atoms with Gasteiger partial charge in [-0.15, -0.1) is 11.8 Å². The summed E-state index contributed by atoms with van der Waals surface area (Å²) < 4.78 is 10.2. The lowest BCUT2D eigenvalue weighted by molar-refractivity contribution is -0.137. The Balaban J connectivity index is 1.72. The summed E-state index contributed by atoms with van der Waals surface area (Å²) in [6.07, 6.45) is 3.19. The molecule has 2 aromatic carbocycles. The lowest BCUT2D eigenvalue weighted by Crippen LogP contribution is -2.20. The number of rotatable bonds is 9. The van der Waals surface area contributed by atoms with Gasteiger partial charge in [-0.05, 0) is 43.3 Å². The third-order valence-electron chi connectivity index (χ3n) is 3.14. The van der Waals surface area contributed by atoms with Crippen molar-refractivity contribution >= 4 is 29.3 Å². The molecule has 0 aliphatic carbocycles. The van der Waals surface area contributed by atoms with E-state index < -0.39 is 0 Å². The van der Waals surface area contributed by atoms with E-state index in [-0.39, 0.29) is 18.5 Å². The molecule has 5 nitrogen and oxygen atoms in total. The van der Waals surface area contributed by atoms with Crippen LogP contribution in [0.1, 0.15) is 6.92 Å². The summed E-state index contributed by atoms with van der Waals surface area (Å²) in [5.41, 5.74) is 0.707. The summed E-state index contributed by atoms with van der Waals surface area (Å²) >= 11 is 1.58. The first-order chi connectivity index (χ1) is 12.7. The Hall–Kier alpha value is -2.73. The number of anilines is 1. The average molecular weight is 371 g/mol. The predicted molar refractivity (Wildman–Crippen MR) is 104 cm³/mol. The molecule has 0 heterocycles. The molecule has 0 atom stereocenters. The molecular formula is C20H21NO4S. The van der Waals surface area contributed by atoms with Crippen LogP contribution in [-0.4, -0.2) is 30.8 Å². The molecule has 0 aliphatic rings. The van der Waals surface area contributed by atoms with Gasteiger partial charge in [-0.1, -0.05) is 24.3 Å². The van der Waals surface area contributed by atoms with Crippen LogP contribution in [0, 0.1) is 0 Å². The van der Waals surface area contributed by atoms with Crippen LogP contribution in [0.25, 0.3) is 0 Å². The van der Waals surface area contributed by atoms with E-state index in [9.17, 15) is 9.59 Å². The Morgan fingerprint density at radius 3 is 2.50 bits per heavy atom. The highest BCUT2D eigenvalue weighted by molar-refractivity contribution is 7.99. The highest BCUT2D eigenvalue weighted by Gasteiger charge is 2.04. The predicted octanol–water partition coefficient (Wildman–Crippen LogP) is 3.92. The van der Waals surface area contributed by atoms with Gasteiger partial charge in [0.15, 0.2) is 6.61 Å². The van der Waals surface area contributed by atoms with Crippen LogP contribution >= 0.6 is 11.8 Å². The molecule has 26 heavy (non-hydrogen) atoms. The zero-order valence-electron chi connectivity index (χ0n) is 14.5. The Morgan fingerprint density at radius 1 is 1.08 bits per heavy atom. The lowest BCUT2D eigenvalue weighted by atomic mass is 10.3. The summed E-state index contributed by atoms with van der Waals surface area (Å²) in [7, 11) is 0. The zero-order chi connectivity index (χ0) is 18.6. The Bertz CT molecular complexity index is 729. The molecule has 0 radical (unpaired) electrons. The smallest absolute Gasteiger partial charge is 0.330 e. The molecule has 0 aromatic heterocycles. The first kappa shape index (κ1) is 19.6. The van der Waals surface area contributed by atoms with Crippen LogP contribution in [0.5, 0.6) is 5.75 Å². The molecule has 0 aliphatic heterocycles.